The van der Waals surface area contributed by atoms with Gasteiger partial charge in [0.05, 0.1) is 19.6 Å². The number of hydrogen-bond donors (Lipinski definition) is 1. The number of rotatable bonds is 45. The number of aliphatic carboxylic acids is 1. The highest BCUT2D eigenvalue weighted by atomic mass is 16.5. The highest BCUT2D eigenvalue weighted by molar-refractivity contribution is 5.69. The maximum absolute atomic E-state index is 12.3. The van der Waals surface area contributed by atoms with Gasteiger partial charge in [0.25, 0.3) is 0 Å². The van der Waals surface area contributed by atoms with Crippen LogP contribution in [-0.4, -0.2) is 60.8 Å². The summed E-state index contributed by atoms with van der Waals surface area (Å²) in [6.07, 6.45) is 40.9. The molecule has 0 aromatic carbocycles. The Morgan fingerprint density at radius 1 is 0.373 bits per heavy atom. The Hall–Kier alpha value is -1.63. The van der Waals surface area contributed by atoms with Crippen molar-refractivity contribution >= 4 is 17.9 Å². The summed E-state index contributed by atoms with van der Waals surface area (Å²) < 4.78 is 11.2. The number of nitrogens with zero attached hydrogens (tertiary/aromatic N) is 1. The molecular weight excluding hydrogens is 735 g/mol. The van der Waals surface area contributed by atoms with Gasteiger partial charge in [-0.15, -0.1) is 0 Å². The molecule has 59 heavy (non-hydrogen) atoms. The van der Waals surface area contributed by atoms with Crippen molar-refractivity contribution in [2.24, 2.45) is 11.8 Å². The minimum atomic E-state index is -0.727. The molecule has 0 spiro atoms. The smallest absolute Gasteiger partial charge is 0.305 e. The number of carboxylic acids is 1. The Labute approximate surface area is 368 Å². The van der Waals surface area contributed by atoms with Crippen molar-refractivity contribution < 1.29 is 29.0 Å². The zero-order valence-corrected chi connectivity index (χ0v) is 40.6. The molecule has 0 aromatic rings. The summed E-state index contributed by atoms with van der Waals surface area (Å²) in [5.41, 5.74) is 0. The van der Waals surface area contributed by atoms with Crippen molar-refractivity contribution in [3.63, 3.8) is 0 Å². The average Bonchev–Trinajstić information content (AvgIpc) is 3.21. The molecule has 0 aliphatic rings. The first-order valence-electron chi connectivity index (χ1n) is 26.0. The molecule has 0 bridgehead atoms. The van der Waals surface area contributed by atoms with E-state index in [1.807, 2.05) is 0 Å². The van der Waals surface area contributed by atoms with Crippen LogP contribution in [0.25, 0.3) is 0 Å². The quantitative estimate of drug-likeness (QED) is 0.0482. The van der Waals surface area contributed by atoms with Gasteiger partial charge in [-0.2, -0.15) is 0 Å². The van der Waals surface area contributed by atoms with E-state index in [1.165, 1.54) is 122 Å². The van der Waals surface area contributed by atoms with Gasteiger partial charge in [-0.25, -0.2) is 0 Å². The van der Waals surface area contributed by atoms with Gasteiger partial charge in [-0.05, 0) is 63.5 Å². The molecule has 7 nitrogen and oxygen atoms in total. The van der Waals surface area contributed by atoms with Crippen molar-refractivity contribution in [2.45, 2.75) is 273 Å². The monoisotopic (exact) mass is 838 g/mol. The number of carbonyl (C=O) groups excluding carboxylic acids is 2. The third-order valence-electron chi connectivity index (χ3n) is 12.0. The number of esters is 2. The lowest BCUT2D eigenvalue weighted by Gasteiger charge is -2.21. The third-order valence-corrected chi connectivity index (χ3v) is 12.0. The molecule has 0 unspecified atom stereocenters. The van der Waals surface area contributed by atoms with Crippen LogP contribution in [0, 0.1) is 11.8 Å². The molecule has 0 heterocycles. The SMILES string of the molecule is CCCCC.CCCCCC(CCCCC)CCOC(=O)CCCCCCCCN(CCCCCCCCC(=O)OCCC(CCCCC)CCCCC)CCC(=O)O. The molecule has 0 aromatic heterocycles. The van der Waals surface area contributed by atoms with Gasteiger partial charge in [0.2, 0.25) is 0 Å². The summed E-state index contributed by atoms with van der Waals surface area (Å²) in [5, 5.41) is 9.23. The molecule has 7 heteroatoms. The Bertz CT molecular complexity index is 801. The average molecular weight is 838 g/mol. The molecule has 0 amide bonds. The maximum atomic E-state index is 12.3. The summed E-state index contributed by atoms with van der Waals surface area (Å²) in [7, 11) is 0. The fraction of sp³-hybridized carbons (Fsp3) is 0.942. The lowest BCUT2D eigenvalue weighted by atomic mass is 9.92. The second-order valence-corrected chi connectivity index (χ2v) is 17.8. The molecule has 0 aliphatic heterocycles. The Kier molecular flexibility index (Phi) is 49.4. The van der Waals surface area contributed by atoms with Crippen LogP contribution in [0.2, 0.25) is 0 Å². The fourth-order valence-electron chi connectivity index (χ4n) is 7.99. The minimum absolute atomic E-state index is 0.0327. The Balaban J connectivity index is 0. The largest absolute Gasteiger partial charge is 0.481 e. The molecule has 352 valence electrons. The lowest BCUT2D eigenvalue weighted by molar-refractivity contribution is -0.145. The van der Waals surface area contributed by atoms with Crippen LogP contribution < -0.4 is 0 Å². The molecular formula is C52H103NO6. The van der Waals surface area contributed by atoms with E-state index in [-0.39, 0.29) is 18.4 Å². The maximum Gasteiger partial charge on any atom is 0.305 e. The van der Waals surface area contributed by atoms with Crippen LogP contribution in [0.15, 0.2) is 0 Å². The van der Waals surface area contributed by atoms with Gasteiger partial charge in [0, 0.05) is 19.4 Å². The second-order valence-electron chi connectivity index (χ2n) is 17.8. The van der Waals surface area contributed by atoms with Crippen LogP contribution >= 0.6 is 0 Å². The summed E-state index contributed by atoms with van der Waals surface area (Å²) in [5.74, 6) is 0.603. The molecule has 0 fully saturated rings. The zero-order valence-electron chi connectivity index (χ0n) is 40.6. The van der Waals surface area contributed by atoms with Crippen LogP contribution in [0.4, 0.5) is 0 Å². The van der Waals surface area contributed by atoms with E-state index in [9.17, 15) is 19.5 Å². The van der Waals surface area contributed by atoms with Crippen molar-refractivity contribution in [2.75, 3.05) is 32.8 Å². The van der Waals surface area contributed by atoms with Crippen LogP contribution in [0.3, 0.4) is 0 Å². The second kappa shape index (κ2) is 49.0. The first-order chi connectivity index (χ1) is 28.8. The minimum Gasteiger partial charge on any atom is -0.481 e. The lowest BCUT2D eigenvalue weighted by Crippen LogP contribution is -2.28. The number of hydrogen-bond acceptors (Lipinski definition) is 6. The standard InChI is InChI=1S/C47H91NO6.C5H12/c1-5-9-21-29-43(30-22-10-6-2)36-41-53-46(51)33-25-17-13-15-19-27-38-48(40-35-45(49)50)39-28-20-16-14-18-26-34-47(52)54-42-37-44(31-23-11-7-3)32-24-12-8-4;1-3-5-4-2/h43-44H,5-42H2,1-4H3,(H,49,50);3-5H2,1-2H3. The Morgan fingerprint density at radius 3 is 1.00 bits per heavy atom. The molecule has 0 saturated carbocycles. The van der Waals surface area contributed by atoms with E-state index in [0.717, 1.165) is 103 Å². The summed E-state index contributed by atoms with van der Waals surface area (Å²) in [6.45, 7) is 17.1. The summed E-state index contributed by atoms with van der Waals surface area (Å²) in [6, 6.07) is 0. The van der Waals surface area contributed by atoms with Crippen LogP contribution in [-0.2, 0) is 23.9 Å². The molecule has 0 saturated heterocycles. The molecule has 0 radical (unpaired) electrons. The predicted molar refractivity (Wildman–Crippen MR) is 253 cm³/mol. The number of ether oxygens (including phenoxy) is 2. The molecule has 0 rings (SSSR count). The molecule has 0 aliphatic carbocycles. The first-order valence-corrected chi connectivity index (χ1v) is 26.0. The molecule has 1 N–H and O–H groups in total. The van der Waals surface area contributed by atoms with Gasteiger partial charge in [0.15, 0.2) is 0 Å². The van der Waals surface area contributed by atoms with E-state index in [1.54, 1.807) is 0 Å². The predicted octanol–water partition coefficient (Wildman–Crippen LogP) is 15.8. The number of carboxylic acid groups (broad SMARTS) is 1. The van der Waals surface area contributed by atoms with E-state index < -0.39 is 5.97 Å². The van der Waals surface area contributed by atoms with Crippen molar-refractivity contribution in [3.05, 3.63) is 0 Å². The van der Waals surface area contributed by atoms with Gasteiger partial charge >= 0.3 is 17.9 Å². The van der Waals surface area contributed by atoms with E-state index in [0.29, 0.717) is 44.4 Å². The zero-order chi connectivity index (χ0) is 43.9. The van der Waals surface area contributed by atoms with E-state index >= 15 is 0 Å². The topological polar surface area (TPSA) is 93.1 Å². The van der Waals surface area contributed by atoms with Gasteiger partial charge in [0.1, 0.15) is 0 Å². The van der Waals surface area contributed by atoms with E-state index in [2.05, 4.69) is 46.4 Å². The van der Waals surface area contributed by atoms with Crippen LogP contribution in [0.1, 0.15) is 273 Å². The van der Waals surface area contributed by atoms with Gasteiger partial charge in [-0.3, -0.25) is 14.4 Å². The highest BCUT2D eigenvalue weighted by Gasteiger charge is 2.13. The number of unbranched alkanes of at least 4 members (excludes halogenated alkanes) is 20. The van der Waals surface area contributed by atoms with Crippen molar-refractivity contribution in [1.82, 2.24) is 4.90 Å². The van der Waals surface area contributed by atoms with E-state index in [4.69, 9.17) is 9.47 Å². The van der Waals surface area contributed by atoms with Gasteiger partial charge < -0.3 is 19.5 Å². The normalized spacial score (nSPS) is 11.3. The van der Waals surface area contributed by atoms with Crippen molar-refractivity contribution in [1.29, 1.82) is 0 Å². The number of carbonyl (C=O) groups is 3. The first kappa shape index (κ1) is 59.5. The Morgan fingerprint density at radius 2 is 0.695 bits per heavy atom. The summed E-state index contributed by atoms with van der Waals surface area (Å²) >= 11 is 0. The van der Waals surface area contributed by atoms with Crippen molar-refractivity contribution in [3.8, 4) is 0 Å². The fourth-order valence-corrected chi connectivity index (χ4v) is 7.99. The molecule has 0 atom stereocenters. The summed E-state index contributed by atoms with van der Waals surface area (Å²) in [4.78, 5) is 38.1. The highest BCUT2D eigenvalue weighted by Crippen LogP contribution is 2.23. The van der Waals surface area contributed by atoms with Crippen LogP contribution in [0.5, 0.6) is 0 Å². The third kappa shape index (κ3) is 47.3. The van der Waals surface area contributed by atoms with Gasteiger partial charge in [-0.1, -0.05) is 215 Å².